The third-order valence-corrected chi connectivity index (χ3v) is 13.7. The van der Waals surface area contributed by atoms with Crippen LogP contribution in [-0.2, 0) is 0 Å². The van der Waals surface area contributed by atoms with Crippen LogP contribution in [0.25, 0.3) is 131 Å². The molecule has 4 aromatic heterocycles. The van der Waals surface area contributed by atoms with Crippen molar-refractivity contribution in [2.45, 2.75) is 0 Å². The Morgan fingerprint density at radius 2 is 0.635 bits per heavy atom. The quantitative estimate of drug-likeness (QED) is 0.168. The van der Waals surface area contributed by atoms with Gasteiger partial charge in [0.05, 0.1) is 0 Å². The lowest BCUT2D eigenvalue weighted by Gasteiger charge is -2.10. The molecule has 9 aromatic carbocycles. The van der Waals surface area contributed by atoms with Crippen LogP contribution in [0.1, 0.15) is 0 Å². The first-order valence-corrected chi connectivity index (χ1v) is 22.0. The van der Waals surface area contributed by atoms with E-state index in [9.17, 15) is 0 Å². The second-order valence-electron chi connectivity index (χ2n) is 16.3. The van der Waals surface area contributed by atoms with Crippen LogP contribution in [0.4, 0.5) is 0 Å². The molecular formula is C59H35NO2S. The number of hydrogen-bond acceptors (Lipinski definition) is 4. The largest absolute Gasteiger partial charge is 0.456 e. The zero-order valence-corrected chi connectivity index (χ0v) is 34.7. The number of para-hydroxylation sites is 1. The molecule has 0 saturated heterocycles. The molecule has 0 N–H and O–H groups in total. The Labute approximate surface area is 366 Å². The molecule has 0 unspecified atom stereocenters. The average Bonchev–Trinajstić information content (AvgIpc) is 4.04. The molecule has 294 valence electrons. The van der Waals surface area contributed by atoms with E-state index >= 15 is 0 Å². The summed E-state index contributed by atoms with van der Waals surface area (Å²) < 4.78 is 14.8. The van der Waals surface area contributed by atoms with Gasteiger partial charge in [0.2, 0.25) is 0 Å². The van der Waals surface area contributed by atoms with Gasteiger partial charge in [-0.1, -0.05) is 115 Å². The van der Waals surface area contributed by atoms with Crippen LogP contribution >= 0.6 is 11.3 Å². The van der Waals surface area contributed by atoms with Gasteiger partial charge in [0.25, 0.3) is 0 Å². The van der Waals surface area contributed by atoms with Gasteiger partial charge in [-0.2, -0.15) is 0 Å². The number of rotatable bonds is 6. The summed E-state index contributed by atoms with van der Waals surface area (Å²) in [6.45, 7) is 0. The Hall–Kier alpha value is -8.05. The highest BCUT2D eigenvalue weighted by Gasteiger charge is 2.14. The first-order chi connectivity index (χ1) is 31.1. The van der Waals surface area contributed by atoms with Crippen LogP contribution in [0.2, 0.25) is 0 Å². The molecule has 0 amide bonds. The fraction of sp³-hybridized carbons (Fsp3) is 0. The summed E-state index contributed by atoms with van der Waals surface area (Å²) in [6.07, 6.45) is 3.65. The summed E-state index contributed by atoms with van der Waals surface area (Å²) in [6, 6.07) is 72.5. The van der Waals surface area contributed by atoms with E-state index in [2.05, 4.69) is 187 Å². The van der Waals surface area contributed by atoms with Crippen LogP contribution in [0.15, 0.2) is 221 Å². The predicted molar refractivity (Wildman–Crippen MR) is 264 cm³/mol. The van der Waals surface area contributed by atoms with Crippen LogP contribution in [0.5, 0.6) is 0 Å². The van der Waals surface area contributed by atoms with Crippen LogP contribution in [0, 0.1) is 0 Å². The predicted octanol–water partition coefficient (Wildman–Crippen LogP) is 17.3. The average molecular weight is 822 g/mol. The molecule has 0 radical (unpaired) electrons. The van der Waals surface area contributed by atoms with Crippen molar-refractivity contribution in [3.05, 3.63) is 213 Å². The smallest absolute Gasteiger partial charge is 0.138 e. The van der Waals surface area contributed by atoms with Gasteiger partial charge in [0, 0.05) is 54.1 Å². The van der Waals surface area contributed by atoms with Crippen LogP contribution in [0.3, 0.4) is 0 Å². The van der Waals surface area contributed by atoms with Crippen molar-refractivity contribution >= 4 is 75.4 Å². The number of thiophene rings is 1. The van der Waals surface area contributed by atoms with Crippen molar-refractivity contribution in [3.63, 3.8) is 0 Å². The maximum Gasteiger partial charge on any atom is 0.138 e. The summed E-state index contributed by atoms with van der Waals surface area (Å²) in [7, 11) is 0. The number of fused-ring (bicyclic) bond motifs is 9. The molecule has 4 heteroatoms. The number of benzene rings is 9. The van der Waals surface area contributed by atoms with Crippen LogP contribution in [-0.4, -0.2) is 4.98 Å². The number of nitrogens with zero attached hydrogens (tertiary/aromatic N) is 1. The highest BCUT2D eigenvalue weighted by atomic mass is 32.1. The standard InChI is InChI=1S/C59H35NO2S/c1-2-16-54-48(15-1)49-31-44(17-21-55(49)61-54)40-11-3-7-36(27-40)38-9-5-13-42(29-38)46-19-23-58-51(33-46)52-34-47(20-24-59(52)63-58)43-14-6-10-39(30-43)37-8-4-12-41(28-37)45-18-22-56-50(32-45)53-35-60-26-25-57(53)62-56/h1-35H. The maximum absolute atomic E-state index is 6.11. The lowest BCUT2D eigenvalue weighted by Crippen LogP contribution is -1.84. The van der Waals surface area contributed by atoms with E-state index in [0.717, 1.165) is 55.0 Å². The van der Waals surface area contributed by atoms with Gasteiger partial charge in [-0.05, 0) is 152 Å². The van der Waals surface area contributed by atoms with Gasteiger partial charge >= 0.3 is 0 Å². The molecule has 4 heterocycles. The second-order valence-corrected chi connectivity index (χ2v) is 17.4. The minimum Gasteiger partial charge on any atom is -0.456 e. The molecule has 0 aliphatic heterocycles. The van der Waals surface area contributed by atoms with Gasteiger partial charge in [-0.15, -0.1) is 11.3 Å². The number of hydrogen-bond donors (Lipinski definition) is 0. The van der Waals surface area contributed by atoms with E-state index in [0.29, 0.717) is 0 Å². The third-order valence-electron chi connectivity index (χ3n) is 12.6. The third kappa shape index (κ3) is 6.14. The zero-order valence-electron chi connectivity index (χ0n) is 33.9. The Morgan fingerprint density at radius 1 is 0.270 bits per heavy atom. The normalized spacial score (nSPS) is 11.8. The lowest BCUT2D eigenvalue weighted by molar-refractivity contribution is 0.668. The van der Waals surface area contributed by atoms with Gasteiger partial charge < -0.3 is 8.83 Å². The SMILES string of the molecule is c1cc(-c2cccc(-c3ccc4sc5ccc(-c6cccc(-c7cccc(-c8ccc9oc%10ccncc%10c9c8)c7)c6)cc5c4c3)c2)cc(-c2ccc3oc4ccccc4c3c2)c1. The summed E-state index contributed by atoms with van der Waals surface area (Å²) >= 11 is 1.86. The Balaban J connectivity index is 0.813. The van der Waals surface area contributed by atoms with Gasteiger partial charge in [-0.25, -0.2) is 0 Å². The van der Waals surface area contributed by atoms with E-state index in [4.69, 9.17) is 8.83 Å². The van der Waals surface area contributed by atoms with E-state index in [1.165, 1.54) is 75.8 Å². The molecule has 0 aliphatic rings. The van der Waals surface area contributed by atoms with Gasteiger partial charge in [-0.3, -0.25) is 4.98 Å². The zero-order chi connectivity index (χ0) is 41.4. The van der Waals surface area contributed by atoms with E-state index in [1.807, 2.05) is 35.7 Å². The van der Waals surface area contributed by atoms with E-state index in [-0.39, 0.29) is 0 Å². The fourth-order valence-corrected chi connectivity index (χ4v) is 10.4. The molecule has 0 saturated carbocycles. The Morgan fingerprint density at radius 3 is 1.11 bits per heavy atom. The molecule has 0 aliphatic carbocycles. The minimum atomic E-state index is 0.857. The van der Waals surface area contributed by atoms with Gasteiger partial charge in [0.1, 0.15) is 22.3 Å². The minimum absolute atomic E-state index is 0.857. The lowest BCUT2D eigenvalue weighted by atomic mass is 9.94. The molecule has 0 fully saturated rings. The van der Waals surface area contributed by atoms with Crippen LogP contribution < -0.4 is 0 Å². The molecule has 0 spiro atoms. The fourth-order valence-electron chi connectivity index (χ4n) is 9.36. The first-order valence-electron chi connectivity index (χ1n) is 21.2. The molecule has 0 atom stereocenters. The van der Waals surface area contributed by atoms with Gasteiger partial charge in [0.15, 0.2) is 0 Å². The maximum atomic E-state index is 6.11. The molecule has 13 rings (SSSR count). The second kappa shape index (κ2) is 14.3. The number of furan rings is 2. The monoisotopic (exact) mass is 821 g/mol. The first kappa shape index (κ1) is 35.7. The molecule has 13 aromatic rings. The Kier molecular flexibility index (Phi) is 8.08. The summed E-state index contributed by atoms with van der Waals surface area (Å²) in [5, 5.41) is 6.96. The molecule has 0 bridgehead atoms. The van der Waals surface area contributed by atoms with Crippen molar-refractivity contribution in [2.24, 2.45) is 0 Å². The summed E-state index contributed by atoms with van der Waals surface area (Å²) in [4.78, 5) is 4.34. The van der Waals surface area contributed by atoms with E-state index in [1.54, 1.807) is 6.20 Å². The Bertz CT molecular complexity index is 3690. The highest BCUT2D eigenvalue weighted by molar-refractivity contribution is 7.25. The molecular weight excluding hydrogens is 787 g/mol. The molecule has 3 nitrogen and oxygen atoms in total. The highest BCUT2D eigenvalue weighted by Crippen LogP contribution is 2.41. The number of aromatic nitrogens is 1. The van der Waals surface area contributed by atoms with Crippen molar-refractivity contribution < 1.29 is 8.83 Å². The topological polar surface area (TPSA) is 39.2 Å². The summed E-state index contributed by atoms with van der Waals surface area (Å²) in [5.74, 6) is 0. The number of pyridine rings is 1. The van der Waals surface area contributed by atoms with Crippen molar-refractivity contribution in [3.8, 4) is 66.8 Å². The van der Waals surface area contributed by atoms with Crippen molar-refractivity contribution in [1.82, 2.24) is 4.98 Å². The van der Waals surface area contributed by atoms with Crippen molar-refractivity contribution in [1.29, 1.82) is 0 Å². The molecule has 63 heavy (non-hydrogen) atoms. The van der Waals surface area contributed by atoms with Crippen molar-refractivity contribution in [2.75, 3.05) is 0 Å². The summed E-state index contributed by atoms with van der Waals surface area (Å²) in [5.41, 5.74) is 17.8. The van der Waals surface area contributed by atoms with E-state index < -0.39 is 0 Å².